The van der Waals surface area contributed by atoms with E-state index in [1.54, 1.807) is 45.2 Å². The molecule has 16 nitrogen and oxygen atoms in total. The van der Waals surface area contributed by atoms with Crippen LogP contribution in [0.15, 0.2) is 85.2 Å². The molecule has 2 aromatic carbocycles. The van der Waals surface area contributed by atoms with Crippen molar-refractivity contribution in [2.24, 2.45) is 11.8 Å². The molecule has 0 aliphatic heterocycles. The SMILES string of the molecule is CC(C)C[C@H](CC(=O)[C@@H](O)[C@@H](Cc1ccccc1)NC(=O)OC(C)(C)C)C(=O)NCCOCCOCCOc1ccc(NC(=O)c2ccn3c(n2)nc2ccccc23)cn1. The highest BCUT2D eigenvalue weighted by Gasteiger charge is 2.33. The van der Waals surface area contributed by atoms with E-state index in [2.05, 4.69) is 30.9 Å². The summed E-state index contributed by atoms with van der Waals surface area (Å²) in [6.45, 7) is 10.7. The molecule has 3 aromatic heterocycles. The molecule has 0 aliphatic carbocycles. The molecule has 0 aliphatic rings. The maximum atomic E-state index is 13.4. The fraction of sp³-hybridized carbons (Fsp3) is 0.432. The van der Waals surface area contributed by atoms with E-state index in [0.29, 0.717) is 30.4 Å². The van der Waals surface area contributed by atoms with Gasteiger partial charge in [0.25, 0.3) is 5.91 Å². The molecule has 0 bridgehead atoms. The lowest BCUT2D eigenvalue weighted by atomic mass is 9.88. The number of pyridine rings is 1. The van der Waals surface area contributed by atoms with Crippen LogP contribution in [0.3, 0.4) is 0 Å². The first kappa shape index (κ1) is 45.1. The van der Waals surface area contributed by atoms with Crippen LogP contribution in [0.5, 0.6) is 5.88 Å². The minimum Gasteiger partial charge on any atom is -0.475 e. The van der Waals surface area contributed by atoms with Gasteiger partial charge >= 0.3 is 6.09 Å². The zero-order chi connectivity index (χ0) is 43.1. The number of aliphatic hydroxyl groups is 1. The van der Waals surface area contributed by atoms with Gasteiger partial charge in [0.05, 0.1) is 55.4 Å². The zero-order valence-electron chi connectivity index (χ0n) is 34.8. The minimum atomic E-state index is -1.55. The highest BCUT2D eigenvalue weighted by molar-refractivity contribution is 6.03. The maximum Gasteiger partial charge on any atom is 0.407 e. The molecule has 3 heterocycles. The van der Waals surface area contributed by atoms with E-state index in [1.165, 1.54) is 6.20 Å². The highest BCUT2D eigenvalue weighted by Crippen LogP contribution is 2.20. The summed E-state index contributed by atoms with van der Waals surface area (Å²) in [7, 11) is 0. The number of anilines is 1. The molecule has 60 heavy (non-hydrogen) atoms. The minimum absolute atomic E-state index is 0.112. The van der Waals surface area contributed by atoms with Crippen LogP contribution in [0.4, 0.5) is 10.5 Å². The fourth-order valence-electron chi connectivity index (χ4n) is 6.34. The number of imidazole rings is 1. The Kier molecular flexibility index (Phi) is 16.4. The highest BCUT2D eigenvalue weighted by atomic mass is 16.6. The fourth-order valence-corrected chi connectivity index (χ4v) is 6.34. The summed E-state index contributed by atoms with van der Waals surface area (Å²) in [6.07, 6.45) is 1.38. The normalized spacial score (nSPS) is 13.1. The second kappa shape index (κ2) is 21.9. The monoisotopic (exact) mass is 825 g/mol. The number of carbonyl (C=O) groups excluding carboxylic acids is 4. The number of benzene rings is 2. The summed E-state index contributed by atoms with van der Waals surface area (Å²) >= 11 is 0. The van der Waals surface area contributed by atoms with Crippen molar-refractivity contribution in [3.63, 3.8) is 0 Å². The zero-order valence-corrected chi connectivity index (χ0v) is 34.8. The molecule has 320 valence electrons. The molecule has 0 fully saturated rings. The second-order valence-electron chi connectivity index (χ2n) is 15.7. The first-order chi connectivity index (χ1) is 28.8. The number of nitrogens with zero attached hydrogens (tertiary/aromatic N) is 4. The van der Waals surface area contributed by atoms with E-state index < -0.39 is 41.4 Å². The van der Waals surface area contributed by atoms with Crippen molar-refractivity contribution in [3.05, 3.63) is 96.4 Å². The topological polar surface area (TPSA) is 205 Å². The molecule has 4 N–H and O–H groups in total. The van der Waals surface area contributed by atoms with E-state index in [0.717, 1.165) is 16.6 Å². The Morgan fingerprint density at radius 2 is 1.57 bits per heavy atom. The lowest BCUT2D eigenvalue weighted by molar-refractivity contribution is -0.134. The molecule has 0 spiro atoms. The average Bonchev–Trinajstić information content (AvgIpc) is 3.58. The molecule has 5 aromatic rings. The summed E-state index contributed by atoms with van der Waals surface area (Å²) in [5.74, 6) is -1.03. The van der Waals surface area contributed by atoms with Gasteiger partial charge in [-0.25, -0.2) is 19.7 Å². The molecule has 0 saturated heterocycles. The van der Waals surface area contributed by atoms with E-state index in [4.69, 9.17) is 18.9 Å². The molecule has 16 heteroatoms. The predicted octanol–water partition coefficient (Wildman–Crippen LogP) is 5.18. The van der Waals surface area contributed by atoms with Gasteiger partial charge in [-0.2, -0.15) is 0 Å². The Morgan fingerprint density at radius 1 is 0.850 bits per heavy atom. The summed E-state index contributed by atoms with van der Waals surface area (Å²) in [6, 6.07) is 20.8. The molecular formula is C44H55N7O9. The van der Waals surface area contributed by atoms with Crippen LogP contribution in [-0.4, -0.2) is 105 Å². The Labute approximate surface area is 349 Å². The third-order valence-electron chi connectivity index (χ3n) is 9.09. The van der Waals surface area contributed by atoms with Crippen molar-refractivity contribution in [2.75, 3.05) is 44.9 Å². The second-order valence-corrected chi connectivity index (χ2v) is 15.7. The van der Waals surface area contributed by atoms with Gasteiger partial charge in [-0.15, -0.1) is 0 Å². The number of alkyl carbamates (subject to hydrolysis) is 1. The Morgan fingerprint density at radius 3 is 2.28 bits per heavy atom. The lowest BCUT2D eigenvalue weighted by Crippen LogP contribution is -2.50. The van der Waals surface area contributed by atoms with Crippen LogP contribution in [0.2, 0.25) is 0 Å². The van der Waals surface area contributed by atoms with Gasteiger partial charge in [0.15, 0.2) is 5.78 Å². The number of ketones is 1. The third kappa shape index (κ3) is 14.1. The van der Waals surface area contributed by atoms with E-state index in [-0.39, 0.29) is 63.3 Å². The number of ether oxygens (including phenoxy) is 4. The van der Waals surface area contributed by atoms with Crippen LogP contribution in [-0.2, 0) is 30.2 Å². The van der Waals surface area contributed by atoms with Crippen molar-refractivity contribution < 1.29 is 43.2 Å². The molecule has 3 atom stereocenters. The van der Waals surface area contributed by atoms with Crippen molar-refractivity contribution >= 4 is 46.2 Å². The predicted molar refractivity (Wildman–Crippen MR) is 225 cm³/mol. The number of nitrogens with one attached hydrogen (secondary N) is 3. The number of fused-ring (bicyclic) bond motifs is 3. The number of Topliss-reactive ketones (excluding diaryl/α,β-unsaturated/α-hetero) is 1. The standard InChI is InChI=1S/C44H55N7O9/c1-29(2)25-31(27-37(52)39(53)35(26-30-11-7-6-8-12-30)50-43(56)60-44(3,4)5)40(54)45-18-20-57-21-22-58-23-24-59-38-16-15-32(28-46-38)47-41(55)34-17-19-51-36-14-10-9-13-33(36)48-42(51)49-34/h6-17,19,28-29,31,35,39,53H,18,20-27H2,1-5H3,(H,45,54)(H,47,55)(H,50,56)/t31-,35-,39+/m1/s1. The molecule has 3 amide bonds. The Balaban J connectivity index is 0.965. The molecule has 0 saturated carbocycles. The van der Waals surface area contributed by atoms with Crippen LogP contribution in [0.25, 0.3) is 16.8 Å². The molecular weight excluding hydrogens is 771 g/mol. The van der Waals surface area contributed by atoms with Crippen LogP contribution in [0.1, 0.15) is 63.5 Å². The van der Waals surface area contributed by atoms with Crippen molar-refractivity contribution in [1.82, 2.24) is 30.0 Å². The maximum absolute atomic E-state index is 13.4. The van der Waals surface area contributed by atoms with E-state index >= 15 is 0 Å². The quantitative estimate of drug-likeness (QED) is 0.0667. The van der Waals surface area contributed by atoms with Crippen molar-refractivity contribution in [1.29, 1.82) is 0 Å². The van der Waals surface area contributed by atoms with Crippen molar-refractivity contribution in [2.45, 2.75) is 71.6 Å². The molecule has 0 radical (unpaired) electrons. The number of carbonyl (C=O) groups is 4. The number of amides is 3. The Hall–Kier alpha value is -5.97. The number of hydrogen-bond acceptors (Lipinski definition) is 12. The first-order valence-corrected chi connectivity index (χ1v) is 20.1. The van der Waals surface area contributed by atoms with Gasteiger partial charge < -0.3 is 40.0 Å². The average molecular weight is 826 g/mol. The number of rotatable bonds is 22. The number of aliphatic hydroxyl groups excluding tert-OH is 1. The lowest BCUT2D eigenvalue weighted by Gasteiger charge is -2.27. The van der Waals surface area contributed by atoms with E-state index in [1.807, 2.05) is 72.8 Å². The van der Waals surface area contributed by atoms with Gasteiger partial charge in [0, 0.05) is 31.1 Å². The smallest absolute Gasteiger partial charge is 0.407 e. The first-order valence-electron chi connectivity index (χ1n) is 20.1. The molecule has 0 unspecified atom stereocenters. The Bertz CT molecular complexity index is 2170. The van der Waals surface area contributed by atoms with Gasteiger partial charge in [-0.05, 0) is 69.4 Å². The van der Waals surface area contributed by atoms with Crippen molar-refractivity contribution in [3.8, 4) is 5.88 Å². The van der Waals surface area contributed by atoms with Gasteiger partial charge in [-0.3, -0.25) is 18.8 Å². The number of hydrogen-bond donors (Lipinski definition) is 4. The van der Waals surface area contributed by atoms with E-state index in [9.17, 15) is 24.3 Å². The molecule has 5 rings (SSSR count). The summed E-state index contributed by atoms with van der Waals surface area (Å²) in [5.41, 5.74) is 2.45. The van der Waals surface area contributed by atoms with Crippen LogP contribution < -0.4 is 20.7 Å². The van der Waals surface area contributed by atoms with Gasteiger partial charge in [-0.1, -0.05) is 56.3 Å². The third-order valence-corrected chi connectivity index (χ3v) is 9.09. The summed E-state index contributed by atoms with van der Waals surface area (Å²) in [5, 5.41) is 19.4. The van der Waals surface area contributed by atoms with Gasteiger partial charge in [0.2, 0.25) is 17.6 Å². The van der Waals surface area contributed by atoms with Crippen LogP contribution in [0, 0.1) is 11.8 Å². The van der Waals surface area contributed by atoms with Crippen LogP contribution >= 0.6 is 0 Å². The largest absolute Gasteiger partial charge is 0.475 e. The summed E-state index contributed by atoms with van der Waals surface area (Å²) < 4.78 is 24.0. The number of aromatic nitrogens is 4. The van der Waals surface area contributed by atoms with Gasteiger partial charge in [0.1, 0.15) is 24.0 Å². The summed E-state index contributed by atoms with van der Waals surface area (Å²) in [4.78, 5) is 65.2. The number of para-hydroxylation sites is 2.